The van der Waals surface area contributed by atoms with E-state index in [2.05, 4.69) is 29.0 Å². The summed E-state index contributed by atoms with van der Waals surface area (Å²) in [5, 5.41) is 8.88. The second kappa shape index (κ2) is 3.58. The van der Waals surface area contributed by atoms with E-state index in [0.717, 1.165) is 16.8 Å². The van der Waals surface area contributed by atoms with Crippen molar-refractivity contribution in [2.45, 2.75) is 13.8 Å². The Morgan fingerprint density at radius 3 is 2.80 bits per heavy atom. The summed E-state index contributed by atoms with van der Waals surface area (Å²) in [7, 11) is 0. The molecule has 0 aliphatic carbocycles. The normalized spacial score (nSPS) is 9.93. The lowest BCUT2D eigenvalue weighted by atomic mass is 10.0. The van der Waals surface area contributed by atoms with Crippen molar-refractivity contribution >= 4 is 0 Å². The molecule has 0 radical (unpaired) electrons. The van der Waals surface area contributed by atoms with Gasteiger partial charge in [0.15, 0.2) is 5.69 Å². The zero-order valence-corrected chi connectivity index (χ0v) is 8.70. The molecule has 0 saturated heterocycles. The first-order valence-corrected chi connectivity index (χ1v) is 4.73. The molecule has 0 fully saturated rings. The molecule has 3 heteroatoms. The van der Waals surface area contributed by atoms with Gasteiger partial charge in [0.1, 0.15) is 6.07 Å². The maximum atomic E-state index is 8.88. The van der Waals surface area contributed by atoms with Crippen molar-refractivity contribution < 1.29 is 0 Å². The van der Waals surface area contributed by atoms with Crippen LogP contribution in [-0.4, -0.2) is 9.97 Å². The third-order valence-corrected chi connectivity index (χ3v) is 2.40. The number of nitrogens with zero attached hydrogens (tertiary/aromatic N) is 2. The SMILES string of the molecule is Cc1ccc(-c2[nH]cnc2C#N)c(C)c1. The summed E-state index contributed by atoms with van der Waals surface area (Å²) >= 11 is 0. The molecular weight excluding hydrogens is 186 g/mol. The lowest BCUT2D eigenvalue weighted by Gasteiger charge is -2.04. The maximum Gasteiger partial charge on any atom is 0.166 e. The Morgan fingerprint density at radius 1 is 1.33 bits per heavy atom. The minimum Gasteiger partial charge on any atom is -0.343 e. The molecule has 0 saturated carbocycles. The Balaban J connectivity index is 2.60. The van der Waals surface area contributed by atoms with Crippen LogP contribution < -0.4 is 0 Å². The van der Waals surface area contributed by atoms with Gasteiger partial charge >= 0.3 is 0 Å². The van der Waals surface area contributed by atoms with Crippen molar-refractivity contribution in [2.24, 2.45) is 0 Å². The highest BCUT2D eigenvalue weighted by Gasteiger charge is 2.09. The van der Waals surface area contributed by atoms with E-state index >= 15 is 0 Å². The minimum absolute atomic E-state index is 0.446. The fourth-order valence-corrected chi connectivity index (χ4v) is 1.68. The molecule has 1 N–H and O–H groups in total. The second-order valence-electron chi connectivity index (χ2n) is 3.56. The topological polar surface area (TPSA) is 52.5 Å². The third kappa shape index (κ3) is 1.62. The predicted octanol–water partition coefficient (Wildman–Crippen LogP) is 2.57. The first-order chi connectivity index (χ1) is 7.22. The number of aryl methyl sites for hydroxylation is 2. The summed E-state index contributed by atoms with van der Waals surface area (Å²) < 4.78 is 0. The number of nitrogens with one attached hydrogen (secondary N) is 1. The van der Waals surface area contributed by atoms with Crippen molar-refractivity contribution in [3.8, 4) is 17.3 Å². The Morgan fingerprint density at radius 2 is 2.13 bits per heavy atom. The molecule has 15 heavy (non-hydrogen) atoms. The van der Waals surface area contributed by atoms with E-state index in [4.69, 9.17) is 5.26 Å². The van der Waals surface area contributed by atoms with Crippen LogP contribution in [-0.2, 0) is 0 Å². The van der Waals surface area contributed by atoms with E-state index in [9.17, 15) is 0 Å². The highest BCUT2D eigenvalue weighted by atomic mass is 14.9. The summed E-state index contributed by atoms with van der Waals surface area (Å²) in [5.74, 6) is 0. The van der Waals surface area contributed by atoms with Crippen molar-refractivity contribution in [3.63, 3.8) is 0 Å². The molecule has 0 atom stereocenters. The standard InChI is InChI=1S/C12H11N3/c1-8-3-4-10(9(2)5-8)12-11(6-13)14-7-15-12/h3-5,7H,1-2H3,(H,14,15). The number of rotatable bonds is 1. The number of hydrogen-bond donors (Lipinski definition) is 1. The van der Waals surface area contributed by atoms with E-state index in [-0.39, 0.29) is 0 Å². The van der Waals surface area contributed by atoms with Crippen LogP contribution in [0.2, 0.25) is 0 Å². The van der Waals surface area contributed by atoms with Gasteiger partial charge in [0, 0.05) is 5.56 Å². The molecule has 2 aromatic rings. The van der Waals surface area contributed by atoms with Gasteiger partial charge in [0.25, 0.3) is 0 Å². The zero-order chi connectivity index (χ0) is 10.8. The molecule has 0 amide bonds. The number of H-pyrrole nitrogens is 1. The summed E-state index contributed by atoms with van der Waals surface area (Å²) in [6.45, 7) is 4.08. The van der Waals surface area contributed by atoms with E-state index in [1.54, 1.807) is 6.33 Å². The molecule has 1 aromatic heterocycles. The minimum atomic E-state index is 0.446. The highest BCUT2D eigenvalue weighted by Crippen LogP contribution is 2.24. The molecule has 0 spiro atoms. The van der Waals surface area contributed by atoms with E-state index < -0.39 is 0 Å². The van der Waals surface area contributed by atoms with Crippen LogP contribution in [0.1, 0.15) is 16.8 Å². The van der Waals surface area contributed by atoms with Crippen molar-refractivity contribution in [1.82, 2.24) is 9.97 Å². The third-order valence-electron chi connectivity index (χ3n) is 2.40. The van der Waals surface area contributed by atoms with Gasteiger partial charge in [-0.25, -0.2) is 4.98 Å². The van der Waals surface area contributed by atoms with Crippen LogP contribution in [0.5, 0.6) is 0 Å². The number of aromatic amines is 1. The summed E-state index contributed by atoms with van der Waals surface area (Å²) in [6.07, 6.45) is 1.55. The maximum absolute atomic E-state index is 8.88. The Bertz CT molecular complexity index is 532. The molecule has 3 nitrogen and oxygen atoms in total. The Hall–Kier alpha value is -2.08. The van der Waals surface area contributed by atoms with Crippen LogP contribution in [0, 0.1) is 25.2 Å². The number of hydrogen-bond acceptors (Lipinski definition) is 2. The number of imidazole rings is 1. The molecule has 0 aliphatic rings. The lowest BCUT2D eigenvalue weighted by molar-refractivity contribution is 1.29. The number of benzene rings is 1. The van der Waals surface area contributed by atoms with Crippen LogP contribution in [0.3, 0.4) is 0 Å². The van der Waals surface area contributed by atoms with Gasteiger partial charge in [-0.2, -0.15) is 5.26 Å². The molecule has 1 heterocycles. The second-order valence-corrected chi connectivity index (χ2v) is 3.56. The molecule has 0 unspecified atom stereocenters. The lowest BCUT2D eigenvalue weighted by Crippen LogP contribution is -1.87. The molecule has 1 aromatic carbocycles. The van der Waals surface area contributed by atoms with Gasteiger partial charge in [0.05, 0.1) is 12.0 Å². The zero-order valence-electron chi connectivity index (χ0n) is 8.70. The van der Waals surface area contributed by atoms with Gasteiger partial charge in [-0.1, -0.05) is 23.8 Å². The monoisotopic (exact) mass is 197 g/mol. The quantitative estimate of drug-likeness (QED) is 0.763. The van der Waals surface area contributed by atoms with Crippen LogP contribution in [0.25, 0.3) is 11.3 Å². The Kier molecular flexibility index (Phi) is 2.26. The number of aromatic nitrogens is 2. The van der Waals surface area contributed by atoms with Gasteiger partial charge in [-0.15, -0.1) is 0 Å². The van der Waals surface area contributed by atoms with Crippen molar-refractivity contribution in [1.29, 1.82) is 5.26 Å². The van der Waals surface area contributed by atoms with E-state index in [0.29, 0.717) is 5.69 Å². The average molecular weight is 197 g/mol. The molecule has 74 valence electrons. The van der Waals surface area contributed by atoms with E-state index in [1.807, 2.05) is 19.1 Å². The summed E-state index contributed by atoms with van der Waals surface area (Å²) in [5.41, 5.74) is 4.65. The smallest absolute Gasteiger partial charge is 0.166 e. The van der Waals surface area contributed by atoms with Gasteiger partial charge in [0.2, 0.25) is 0 Å². The highest BCUT2D eigenvalue weighted by molar-refractivity contribution is 5.68. The first-order valence-electron chi connectivity index (χ1n) is 4.73. The van der Waals surface area contributed by atoms with Gasteiger partial charge in [-0.3, -0.25) is 0 Å². The Labute approximate surface area is 88.4 Å². The molecule has 0 bridgehead atoms. The molecular formula is C12H11N3. The summed E-state index contributed by atoms with van der Waals surface area (Å²) in [6, 6.07) is 8.21. The van der Waals surface area contributed by atoms with Crippen LogP contribution >= 0.6 is 0 Å². The van der Waals surface area contributed by atoms with Crippen LogP contribution in [0.4, 0.5) is 0 Å². The molecule has 0 aliphatic heterocycles. The fraction of sp³-hybridized carbons (Fsp3) is 0.167. The van der Waals surface area contributed by atoms with Gasteiger partial charge < -0.3 is 4.98 Å². The summed E-state index contributed by atoms with van der Waals surface area (Å²) in [4.78, 5) is 6.96. The van der Waals surface area contributed by atoms with Crippen LogP contribution in [0.15, 0.2) is 24.5 Å². The largest absolute Gasteiger partial charge is 0.343 e. The first kappa shape index (κ1) is 9.47. The number of nitriles is 1. The van der Waals surface area contributed by atoms with Crippen molar-refractivity contribution in [3.05, 3.63) is 41.3 Å². The molecule has 2 rings (SSSR count). The van der Waals surface area contributed by atoms with Gasteiger partial charge in [-0.05, 0) is 19.4 Å². The predicted molar refractivity (Wildman–Crippen MR) is 58.2 cm³/mol. The average Bonchev–Trinajstić information content (AvgIpc) is 2.65. The van der Waals surface area contributed by atoms with E-state index in [1.165, 1.54) is 5.56 Å². The fourth-order valence-electron chi connectivity index (χ4n) is 1.68. The van der Waals surface area contributed by atoms with Crippen molar-refractivity contribution in [2.75, 3.05) is 0 Å².